The summed E-state index contributed by atoms with van der Waals surface area (Å²) in [5.41, 5.74) is 1.15. The van der Waals surface area contributed by atoms with Crippen molar-refractivity contribution >= 4 is 0 Å². The van der Waals surface area contributed by atoms with Crippen molar-refractivity contribution in [2.45, 2.75) is 12.8 Å². The third kappa shape index (κ3) is 2.63. The minimum absolute atomic E-state index is 0.0347. The van der Waals surface area contributed by atoms with Crippen LogP contribution >= 0.6 is 0 Å². The van der Waals surface area contributed by atoms with Gasteiger partial charge in [0.1, 0.15) is 0 Å². The highest BCUT2D eigenvalue weighted by Crippen LogP contribution is 2.06. The maximum absolute atomic E-state index is 8.69. The Labute approximate surface area is 87.6 Å². The number of hydrogen-bond donors (Lipinski definition) is 1. The Morgan fingerprint density at radius 2 is 2.00 bits per heavy atom. The average Bonchev–Trinajstić information content (AvgIpc) is 2.68. The van der Waals surface area contributed by atoms with Gasteiger partial charge in [0.15, 0.2) is 5.82 Å². The van der Waals surface area contributed by atoms with E-state index in [-0.39, 0.29) is 6.61 Å². The lowest BCUT2D eigenvalue weighted by Gasteiger charge is -1.93. The van der Waals surface area contributed by atoms with Crippen LogP contribution in [0.15, 0.2) is 34.9 Å². The van der Waals surface area contributed by atoms with Crippen LogP contribution in [0.25, 0.3) is 0 Å². The van der Waals surface area contributed by atoms with Gasteiger partial charge in [-0.25, -0.2) is 0 Å². The fourth-order valence-electron chi connectivity index (χ4n) is 1.34. The molecule has 0 aliphatic rings. The van der Waals surface area contributed by atoms with E-state index < -0.39 is 0 Å². The van der Waals surface area contributed by atoms with Gasteiger partial charge >= 0.3 is 0 Å². The van der Waals surface area contributed by atoms with E-state index in [9.17, 15) is 0 Å². The molecule has 0 aliphatic heterocycles. The highest BCUT2D eigenvalue weighted by molar-refractivity contribution is 5.18. The van der Waals surface area contributed by atoms with Gasteiger partial charge in [0.2, 0.25) is 5.89 Å². The molecule has 78 valence electrons. The summed E-state index contributed by atoms with van der Waals surface area (Å²) in [6.07, 6.45) is 1.08. The Kier molecular flexibility index (Phi) is 3.09. The summed E-state index contributed by atoms with van der Waals surface area (Å²) in [6.45, 7) is 0.0347. The normalized spacial score (nSPS) is 10.5. The molecule has 0 fully saturated rings. The highest BCUT2D eigenvalue weighted by Gasteiger charge is 2.05. The first-order valence-electron chi connectivity index (χ1n) is 4.85. The highest BCUT2D eigenvalue weighted by atomic mass is 16.5. The van der Waals surface area contributed by atoms with Gasteiger partial charge in [0.05, 0.1) is 13.0 Å². The molecule has 1 aromatic carbocycles. The molecule has 1 heterocycles. The Morgan fingerprint density at radius 3 is 2.73 bits per heavy atom. The predicted molar refractivity (Wildman–Crippen MR) is 54.3 cm³/mol. The molecule has 0 unspecified atom stereocenters. The van der Waals surface area contributed by atoms with Crippen LogP contribution in [0.2, 0.25) is 0 Å². The van der Waals surface area contributed by atoms with Gasteiger partial charge in [-0.05, 0) is 5.56 Å². The Balaban J connectivity index is 2.05. The minimum atomic E-state index is 0.0347. The first kappa shape index (κ1) is 9.86. The molecule has 0 saturated heterocycles. The van der Waals surface area contributed by atoms with E-state index >= 15 is 0 Å². The van der Waals surface area contributed by atoms with Crippen molar-refractivity contribution < 1.29 is 9.63 Å². The number of aliphatic hydroxyl groups is 1. The lowest BCUT2D eigenvalue weighted by Crippen LogP contribution is -1.93. The molecule has 4 nitrogen and oxygen atoms in total. The summed E-state index contributed by atoms with van der Waals surface area (Å²) < 4.78 is 4.96. The topological polar surface area (TPSA) is 59.2 Å². The van der Waals surface area contributed by atoms with Crippen LogP contribution in [0.4, 0.5) is 0 Å². The van der Waals surface area contributed by atoms with Gasteiger partial charge < -0.3 is 9.63 Å². The molecule has 0 saturated carbocycles. The van der Waals surface area contributed by atoms with Crippen molar-refractivity contribution in [2.24, 2.45) is 0 Å². The van der Waals surface area contributed by atoms with E-state index in [0.29, 0.717) is 24.6 Å². The molecule has 0 atom stereocenters. The Morgan fingerprint density at radius 1 is 1.20 bits per heavy atom. The van der Waals surface area contributed by atoms with Crippen molar-refractivity contribution in [3.8, 4) is 0 Å². The summed E-state index contributed by atoms with van der Waals surface area (Å²) in [5.74, 6) is 1.15. The number of nitrogens with zero attached hydrogens (tertiary/aromatic N) is 2. The zero-order valence-electron chi connectivity index (χ0n) is 8.26. The van der Waals surface area contributed by atoms with E-state index in [0.717, 1.165) is 5.56 Å². The van der Waals surface area contributed by atoms with Crippen LogP contribution in [0.1, 0.15) is 17.3 Å². The molecular formula is C11H12N2O2. The zero-order chi connectivity index (χ0) is 10.5. The van der Waals surface area contributed by atoms with Crippen LogP contribution in [0.5, 0.6) is 0 Å². The fraction of sp³-hybridized carbons (Fsp3) is 0.273. The Hall–Kier alpha value is -1.68. The number of aromatic nitrogens is 2. The molecule has 0 amide bonds. The SMILES string of the molecule is OCCc1nc(Cc2ccccc2)no1. The van der Waals surface area contributed by atoms with E-state index in [4.69, 9.17) is 9.63 Å². The van der Waals surface area contributed by atoms with Crippen LogP contribution in [0.3, 0.4) is 0 Å². The van der Waals surface area contributed by atoms with Crippen LogP contribution in [-0.4, -0.2) is 21.9 Å². The van der Waals surface area contributed by atoms with Crippen molar-refractivity contribution in [3.05, 3.63) is 47.6 Å². The molecule has 1 aromatic heterocycles. The second kappa shape index (κ2) is 4.70. The summed E-state index contributed by atoms with van der Waals surface area (Å²) in [4.78, 5) is 4.16. The maximum atomic E-state index is 8.69. The van der Waals surface area contributed by atoms with Crippen LogP contribution in [0, 0.1) is 0 Å². The predicted octanol–water partition coefficient (Wildman–Crippen LogP) is 1.20. The van der Waals surface area contributed by atoms with Crippen molar-refractivity contribution in [2.75, 3.05) is 6.61 Å². The van der Waals surface area contributed by atoms with Crippen molar-refractivity contribution in [3.63, 3.8) is 0 Å². The average molecular weight is 204 g/mol. The van der Waals surface area contributed by atoms with Crippen LogP contribution < -0.4 is 0 Å². The lowest BCUT2D eigenvalue weighted by atomic mass is 10.1. The van der Waals surface area contributed by atoms with Gasteiger partial charge in [-0.2, -0.15) is 4.98 Å². The summed E-state index contributed by atoms with van der Waals surface area (Å²) in [5, 5.41) is 12.5. The van der Waals surface area contributed by atoms with E-state index in [1.54, 1.807) is 0 Å². The third-order valence-corrected chi connectivity index (χ3v) is 2.04. The molecule has 0 bridgehead atoms. The largest absolute Gasteiger partial charge is 0.396 e. The molecule has 0 spiro atoms. The maximum Gasteiger partial charge on any atom is 0.228 e. The summed E-state index contributed by atoms with van der Waals surface area (Å²) in [6, 6.07) is 9.95. The molecule has 2 aromatic rings. The monoisotopic (exact) mass is 204 g/mol. The molecule has 1 N–H and O–H groups in total. The zero-order valence-corrected chi connectivity index (χ0v) is 8.26. The second-order valence-electron chi connectivity index (χ2n) is 3.24. The van der Waals surface area contributed by atoms with Crippen molar-refractivity contribution in [1.29, 1.82) is 0 Å². The lowest BCUT2D eigenvalue weighted by molar-refractivity contribution is 0.274. The summed E-state index contributed by atoms with van der Waals surface area (Å²) in [7, 11) is 0. The molecule has 2 rings (SSSR count). The standard InChI is InChI=1S/C11H12N2O2/c14-7-6-11-12-10(13-15-11)8-9-4-2-1-3-5-9/h1-5,14H,6-8H2. The van der Waals surface area contributed by atoms with Crippen LogP contribution in [-0.2, 0) is 12.8 Å². The number of benzene rings is 1. The second-order valence-corrected chi connectivity index (χ2v) is 3.24. The molecule has 0 radical (unpaired) electrons. The van der Waals surface area contributed by atoms with E-state index in [1.165, 1.54) is 0 Å². The first-order valence-corrected chi connectivity index (χ1v) is 4.85. The van der Waals surface area contributed by atoms with Crippen molar-refractivity contribution in [1.82, 2.24) is 10.1 Å². The van der Waals surface area contributed by atoms with Gasteiger partial charge in [0, 0.05) is 6.42 Å². The van der Waals surface area contributed by atoms with Gasteiger partial charge in [0.25, 0.3) is 0 Å². The Bertz CT molecular complexity index is 412. The van der Waals surface area contributed by atoms with E-state index in [1.807, 2.05) is 30.3 Å². The van der Waals surface area contributed by atoms with Gasteiger partial charge in [-0.3, -0.25) is 0 Å². The number of hydrogen-bond acceptors (Lipinski definition) is 4. The van der Waals surface area contributed by atoms with Gasteiger partial charge in [-0.1, -0.05) is 35.5 Å². The molecule has 4 heteroatoms. The van der Waals surface area contributed by atoms with E-state index in [2.05, 4.69) is 10.1 Å². The minimum Gasteiger partial charge on any atom is -0.396 e. The van der Waals surface area contributed by atoms with Gasteiger partial charge in [-0.15, -0.1) is 0 Å². The first-order chi connectivity index (χ1) is 7.38. The quantitative estimate of drug-likeness (QED) is 0.812. The molecule has 0 aliphatic carbocycles. The number of aliphatic hydroxyl groups excluding tert-OH is 1. The fourth-order valence-corrected chi connectivity index (χ4v) is 1.34. The third-order valence-electron chi connectivity index (χ3n) is 2.04. The molecule has 15 heavy (non-hydrogen) atoms. The number of rotatable bonds is 4. The molecular weight excluding hydrogens is 192 g/mol. The summed E-state index contributed by atoms with van der Waals surface area (Å²) >= 11 is 0. The smallest absolute Gasteiger partial charge is 0.228 e.